The van der Waals surface area contributed by atoms with E-state index < -0.39 is 0 Å². The summed E-state index contributed by atoms with van der Waals surface area (Å²) in [5, 5.41) is 10.1. The molecule has 0 radical (unpaired) electrons. The number of aromatic nitrogens is 2. The molecule has 4 nitrogen and oxygen atoms in total. The van der Waals surface area contributed by atoms with Crippen LogP contribution in [0.25, 0.3) is 0 Å². The van der Waals surface area contributed by atoms with Crippen molar-refractivity contribution in [3.8, 4) is 0 Å². The number of piperidine rings is 1. The number of halogens is 1. The Balaban J connectivity index is 2.29. The molecule has 0 amide bonds. The van der Waals surface area contributed by atoms with E-state index in [2.05, 4.69) is 14.9 Å². The minimum Gasteiger partial charge on any atom is -0.393 e. The lowest BCUT2D eigenvalue weighted by Crippen LogP contribution is -2.42. The van der Waals surface area contributed by atoms with E-state index in [9.17, 15) is 5.11 Å². The van der Waals surface area contributed by atoms with Crippen molar-refractivity contribution in [2.75, 3.05) is 11.4 Å². The zero-order chi connectivity index (χ0) is 14.0. The predicted octanol–water partition coefficient (Wildman–Crippen LogP) is 2.88. The van der Waals surface area contributed by atoms with Gasteiger partial charge < -0.3 is 10.0 Å². The van der Waals surface area contributed by atoms with E-state index in [4.69, 9.17) is 11.6 Å². The molecule has 0 bridgehead atoms. The van der Waals surface area contributed by atoms with Crippen molar-refractivity contribution in [2.24, 2.45) is 0 Å². The average molecular weight is 284 g/mol. The molecule has 1 aromatic rings. The summed E-state index contributed by atoms with van der Waals surface area (Å²) in [7, 11) is 0. The molecule has 1 aromatic heterocycles. The Kier molecular flexibility index (Phi) is 4.63. The van der Waals surface area contributed by atoms with E-state index in [0.29, 0.717) is 11.2 Å². The molecule has 1 fully saturated rings. The maximum Gasteiger partial charge on any atom is 0.171 e. The van der Waals surface area contributed by atoms with Crippen molar-refractivity contribution < 1.29 is 5.11 Å². The third-order valence-electron chi connectivity index (χ3n) is 3.76. The summed E-state index contributed by atoms with van der Waals surface area (Å²) in [5.74, 6) is 0.773. The van der Waals surface area contributed by atoms with Gasteiger partial charge in [0.1, 0.15) is 0 Å². The van der Waals surface area contributed by atoms with Crippen molar-refractivity contribution in [2.45, 2.75) is 58.6 Å². The van der Waals surface area contributed by atoms with Gasteiger partial charge in [-0.25, -0.2) is 9.97 Å². The van der Waals surface area contributed by atoms with Crippen LogP contribution in [0, 0.1) is 13.8 Å². The number of aliphatic hydroxyl groups excluding tert-OH is 1. The summed E-state index contributed by atoms with van der Waals surface area (Å²) in [4.78, 5) is 11.2. The van der Waals surface area contributed by atoms with E-state index in [1.165, 1.54) is 6.42 Å². The van der Waals surface area contributed by atoms with Crippen molar-refractivity contribution >= 4 is 17.4 Å². The van der Waals surface area contributed by atoms with E-state index in [-0.39, 0.29) is 6.10 Å². The molecule has 0 spiro atoms. The number of anilines is 1. The molecule has 0 aliphatic carbocycles. The summed E-state index contributed by atoms with van der Waals surface area (Å²) < 4.78 is 0. The first-order valence-corrected chi connectivity index (χ1v) is 7.32. The Morgan fingerprint density at radius 1 is 1.32 bits per heavy atom. The van der Waals surface area contributed by atoms with E-state index in [1.54, 1.807) is 0 Å². The molecule has 2 rings (SSSR count). The molecule has 106 valence electrons. The first-order valence-electron chi connectivity index (χ1n) is 6.94. The number of hydrogen-bond acceptors (Lipinski definition) is 4. The minimum atomic E-state index is -0.302. The molecule has 0 saturated carbocycles. The fraction of sp³-hybridized carbons (Fsp3) is 0.714. The molecule has 1 aliphatic heterocycles. The summed E-state index contributed by atoms with van der Waals surface area (Å²) in [6, 6.07) is 0.308. The SMILES string of the molecule is Cc1nc(Cl)c(N2CCCCC2CC(C)O)nc1C. The fourth-order valence-corrected chi connectivity index (χ4v) is 2.94. The van der Waals surface area contributed by atoms with Crippen LogP contribution < -0.4 is 4.90 Å². The molecule has 0 aromatic carbocycles. The zero-order valence-electron chi connectivity index (χ0n) is 11.9. The van der Waals surface area contributed by atoms with Gasteiger partial charge in [-0.3, -0.25) is 0 Å². The number of aliphatic hydroxyl groups is 1. The van der Waals surface area contributed by atoms with Crippen LogP contribution >= 0.6 is 11.6 Å². The fourth-order valence-electron chi connectivity index (χ4n) is 2.66. The van der Waals surface area contributed by atoms with Gasteiger partial charge in [-0.05, 0) is 46.5 Å². The summed E-state index contributed by atoms with van der Waals surface area (Å²) in [6.07, 6.45) is 3.87. The second-order valence-electron chi connectivity index (χ2n) is 5.44. The van der Waals surface area contributed by atoms with Crippen LogP contribution in [0.15, 0.2) is 0 Å². The van der Waals surface area contributed by atoms with Crippen molar-refractivity contribution in [3.63, 3.8) is 0 Å². The quantitative estimate of drug-likeness (QED) is 0.927. The number of hydrogen-bond donors (Lipinski definition) is 1. The highest BCUT2D eigenvalue weighted by atomic mass is 35.5. The highest BCUT2D eigenvalue weighted by Gasteiger charge is 2.27. The van der Waals surface area contributed by atoms with Crippen LogP contribution in [-0.2, 0) is 0 Å². The van der Waals surface area contributed by atoms with Crippen LogP contribution in [-0.4, -0.2) is 33.8 Å². The molecule has 1 saturated heterocycles. The molecule has 2 unspecified atom stereocenters. The van der Waals surface area contributed by atoms with E-state index in [1.807, 2.05) is 20.8 Å². The molecule has 1 aliphatic rings. The lowest BCUT2D eigenvalue weighted by molar-refractivity contribution is 0.167. The monoisotopic (exact) mass is 283 g/mol. The highest BCUT2D eigenvalue weighted by Crippen LogP contribution is 2.30. The summed E-state index contributed by atoms with van der Waals surface area (Å²) >= 11 is 6.26. The van der Waals surface area contributed by atoms with E-state index >= 15 is 0 Å². The second kappa shape index (κ2) is 6.06. The first kappa shape index (κ1) is 14.5. The lowest BCUT2D eigenvalue weighted by atomic mass is 9.97. The molecule has 19 heavy (non-hydrogen) atoms. The van der Waals surface area contributed by atoms with Gasteiger partial charge in [0, 0.05) is 12.6 Å². The van der Waals surface area contributed by atoms with Crippen molar-refractivity contribution in [1.29, 1.82) is 0 Å². The topological polar surface area (TPSA) is 49.2 Å². The predicted molar refractivity (Wildman–Crippen MR) is 77.8 cm³/mol. The first-order chi connectivity index (χ1) is 8.99. The lowest BCUT2D eigenvalue weighted by Gasteiger charge is -2.37. The van der Waals surface area contributed by atoms with Crippen molar-refractivity contribution in [1.82, 2.24) is 9.97 Å². The Morgan fingerprint density at radius 2 is 2.00 bits per heavy atom. The Morgan fingerprint density at radius 3 is 2.68 bits per heavy atom. The van der Waals surface area contributed by atoms with E-state index in [0.717, 1.165) is 43.0 Å². The van der Waals surface area contributed by atoms with Gasteiger partial charge in [-0.15, -0.1) is 0 Å². The van der Waals surface area contributed by atoms with Gasteiger partial charge in [0.05, 0.1) is 17.5 Å². The minimum absolute atomic E-state index is 0.302. The third-order valence-corrected chi connectivity index (χ3v) is 4.01. The van der Waals surface area contributed by atoms with Gasteiger partial charge in [0.2, 0.25) is 0 Å². The smallest absolute Gasteiger partial charge is 0.171 e. The van der Waals surface area contributed by atoms with Crippen molar-refractivity contribution in [3.05, 3.63) is 16.5 Å². The Labute approximate surface area is 119 Å². The molecule has 2 atom stereocenters. The Hall–Kier alpha value is -0.870. The molecule has 5 heteroatoms. The van der Waals surface area contributed by atoms with Crippen LogP contribution in [0.1, 0.15) is 44.0 Å². The largest absolute Gasteiger partial charge is 0.393 e. The summed E-state index contributed by atoms with van der Waals surface area (Å²) in [6.45, 7) is 6.64. The van der Waals surface area contributed by atoms with Crippen LogP contribution in [0.5, 0.6) is 0 Å². The molecular formula is C14H22ClN3O. The number of rotatable bonds is 3. The van der Waals surface area contributed by atoms with Gasteiger partial charge in [-0.2, -0.15) is 0 Å². The highest BCUT2D eigenvalue weighted by molar-refractivity contribution is 6.31. The summed E-state index contributed by atoms with van der Waals surface area (Å²) in [5.41, 5.74) is 1.79. The normalized spacial score (nSPS) is 21.5. The van der Waals surface area contributed by atoms with Gasteiger partial charge in [0.25, 0.3) is 0 Å². The second-order valence-corrected chi connectivity index (χ2v) is 5.79. The van der Waals surface area contributed by atoms with Crippen LogP contribution in [0.4, 0.5) is 5.82 Å². The van der Waals surface area contributed by atoms with Crippen LogP contribution in [0.3, 0.4) is 0 Å². The number of nitrogens with zero attached hydrogens (tertiary/aromatic N) is 3. The molecular weight excluding hydrogens is 262 g/mol. The zero-order valence-corrected chi connectivity index (χ0v) is 12.6. The Bertz CT molecular complexity index is 451. The average Bonchev–Trinajstić information content (AvgIpc) is 2.34. The van der Waals surface area contributed by atoms with Gasteiger partial charge in [0.15, 0.2) is 11.0 Å². The standard InChI is InChI=1S/C14H22ClN3O/c1-9(19)8-12-6-4-5-7-18(12)14-13(15)16-10(2)11(3)17-14/h9,12,19H,4-8H2,1-3H3. The third kappa shape index (κ3) is 3.37. The molecule has 2 heterocycles. The maximum absolute atomic E-state index is 9.64. The van der Waals surface area contributed by atoms with Gasteiger partial charge >= 0.3 is 0 Å². The number of aryl methyl sites for hydroxylation is 2. The molecule has 1 N–H and O–H groups in total. The maximum atomic E-state index is 9.64. The van der Waals surface area contributed by atoms with Crippen LogP contribution in [0.2, 0.25) is 5.15 Å². The van der Waals surface area contributed by atoms with Gasteiger partial charge in [-0.1, -0.05) is 11.6 Å².